The molecule has 0 saturated heterocycles. The van der Waals surface area contributed by atoms with Crippen molar-refractivity contribution in [1.29, 1.82) is 0 Å². The second-order valence-electron chi connectivity index (χ2n) is 4.79. The van der Waals surface area contributed by atoms with Gasteiger partial charge in [0.25, 0.3) is 5.91 Å². The van der Waals surface area contributed by atoms with Gasteiger partial charge in [-0.3, -0.25) is 4.79 Å². The lowest BCUT2D eigenvalue weighted by molar-refractivity contribution is 0.0761. The topological polar surface area (TPSA) is 71.2 Å². The molecule has 7 heteroatoms. The molecule has 2 aromatic rings. The van der Waals surface area contributed by atoms with E-state index in [1.54, 1.807) is 23.9 Å². The second kappa shape index (κ2) is 6.24. The van der Waals surface area contributed by atoms with Crippen molar-refractivity contribution in [2.45, 2.75) is 13.8 Å². The van der Waals surface area contributed by atoms with Crippen molar-refractivity contribution in [1.82, 2.24) is 19.7 Å². The molecule has 2 rings (SSSR count). The van der Waals surface area contributed by atoms with Gasteiger partial charge in [-0.15, -0.1) is 0 Å². The molecule has 0 aliphatic rings. The van der Waals surface area contributed by atoms with E-state index in [-0.39, 0.29) is 29.8 Å². The van der Waals surface area contributed by atoms with E-state index in [0.29, 0.717) is 5.82 Å². The van der Waals surface area contributed by atoms with Gasteiger partial charge in [-0.2, -0.15) is 5.10 Å². The molecule has 0 fully saturated rings. The van der Waals surface area contributed by atoms with Crippen molar-refractivity contribution in [2.24, 2.45) is 0 Å². The number of halogens is 1. The molecule has 0 spiro atoms. The molecule has 2 aromatic heterocycles. The predicted molar refractivity (Wildman–Crippen MR) is 79.9 cm³/mol. The summed E-state index contributed by atoms with van der Waals surface area (Å²) in [6, 6.07) is 5.26. The van der Waals surface area contributed by atoms with Crippen LogP contribution in [0, 0.1) is 13.8 Å². The van der Waals surface area contributed by atoms with Crippen LogP contribution >= 0.6 is 11.6 Å². The normalized spacial score (nSPS) is 10.7. The summed E-state index contributed by atoms with van der Waals surface area (Å²) in [6.45, 7) is 3.91. The van der Waals surface area contributed by atoms with E-state index in [1.807, 2.05) is 19.9 Å². The first kappa shape index (κ1) is 15.5. The Kier molecular flexibility index (Phi) is 4.59. The molecule has 0 aromatic carbocycles. The van der Waals surface area contributed by atoms with Gasteiger partial charge in [-0.25, -0.2) is 9.67 Å². The Labute approximate surface area is 128 Å². The Morgan fingerprint density at radius 2 is 2.14 bits per heavy atom. The average molecular weight is 309 g/mol. The second-order valence-corrected chi connectivity index (χ2v) is 5.20. The van der Waals surface area contributed by atoms with Crippen LogP contribution in [0.2, 0.25) is 5.02 Å². The minimum absolute atomic E-state index is 0.114. The van der Waals surface area contributed by atoms with Gasteiger partial charge < -0.3 is 10.0 Å². The standard InChI is InChI=1S/C14H17ClN4O2/c1-9-8-10(2)19(17-9)12-5-4-11(15)13(16-12)14(21)18(3)6-7-20/h4-5,8,20H,6-7H2,1-3H3. The van der Waals surface area contributed by atoms with E-state index < -0.39 is 0 Å². The Morgan fingerprint density at radius 3 is 2.71 bits per heavy atom. The zero-order chi connectivity index (χ0) is 15.6. The lowest BCUT2D eigenvalue weighted by Gasteiger charge is -2.16. The molecule has 0 bridgehead atoms. The van der Waals surface area contributed by atoms with Crippen LogP contribution in [0.25, 0.3) is 5.82 Å². The van der Waals surface area contributed by atoms with Crippen LogP contribution in [0.15, 0.2) is 18.2 Å². The summed E-state index contributed by atoms with van der Waals surface area (Å²) in [4.78, 5) is 18.0. The van der Waals surface area contributed by atoms with Crippen molar-refractivity contribution in [3.63, 3.8) is 0 Å². The summed E-state index contributed by atoms with van der Waals surface area (Å²) in [6.07, 6.45) is 0. The number of hydrogen-bond acceptors (Lipinski definition) is 4. The average Bonchev–Trinajstić information content (AvgIpc) is 2.78. The maximum absolute atomic E-state index is 12.3. The summed E-state index contributed by atoms with van der Waals surface area (Å²) < 4.78 is 1.66. The van der Waals surface area contributed by atoms with E-state index in [0.717, 1.165) is 11.4 Å². The van der Waals surface area contributed by atoms with E-state index in [9.17, 15) is 4.79 Å². The number of pyridine rings is 1. The van der Waals surface area contributed by atoms with Gasteiger partial charge in [0.05, 0.1) is 17.3 Å². The highest BCUT2D eigenvalue weighted by atomic mass is 35.5. The van der Waals surface area contributed by atoms with E-state index in [1.165, 1.54) is 4.90 Å². The highest BCUT2D eigenvalue weighted by molar-refractivity contribution is 6.33. The number of aliphatic hydroxyl groups is 1. The molecule has 112 valence electrons. The quantitative estimate of drug-likeness (QED) is 0.931. The molecule has 21 heavy (non-hydrogen) atoms. The maximum atomic E-state index is 12.3. The molecular formula is C14H17ClN4O2. The van der Waals surface area contributed by atoms with Crippen LogP contribution in [0.3, 0.4) is 0 Å². The molecule has 0 aliphatic carbocycles. The van der Waals surface area contributed by atoms with Crippen LogP contribution < -0.4 is 0 Å². The number of amides is 1. The van der Waals surface area contributed by atoms with Crippen molar-refractivity contribution >= 4 is 17.5 Å². The molecule has 0 saturated carbocycles. The van der Waals surface area contributed by atoms with Crippen molar-refractivity contribution in [2.75, 3.05) is 20.2 Å². The zero-order valence-electron chi connectivity index (χ0n) is 12.2. The molecule has 0 radical (unpaired) electrons. The number of rotatable bonds is 4. The van der Waals surface area contributed by atoms with Gasteiger partial charge in [0, 0.05) is 19.3 Å². The third-order valence-electron chi connectivity index (χ3n) is 3.04. The lowest BCUT2D eigenvalue weighted by atomic mass is 10.3. The number of carbonyl (C=O) groups is 1. The van der Waals surface area contributed by atoms with Crippen LogP contribution in [-0.2, 0) is 0 Å². The van der Waals surface area contributed by atoms with E-state index >= 15 is 0 Å². The maximum Gasteiger partial charge on any atom is 0.273 e. The molecular weight excluding hydrogens is 292 g/mol. The fourth-order valence-electron chi connectivity index (χ4n) is 1.99. The molecule has 1 amide bonds. The smallest absolute Gasteiger partial charge is 0.273 e. The number of nitrogens with zero attached hydrogens (tertiary/aromatic N) is 4. The van der Waals surface area contributed by atoms with Gasteiger partial charge in [0.2, 0.25) is 0 Å². The van der Waals surface area contributed by atoms with Gasteiger partial charge in [0.1, 0.15) is 5.69 Å². The SMILES string of the molecule is Cc1cc(C)n(-c2ccc(Cl)c(C(=O)N(C)CCO)n2)n1. The molecule has 0 atom stereocenters. The van der Waals surface area contributed by atoms with Crippen molar-refractivity contribution < 1.29 is 9.90 Å². The van der Waals surface area contributed by atoms with Gasteiger partial charge in [0.15, 0.2) is 5.82 Å². The highest BCUT2D eigenvalue weighted by Crippen LogP contribution is 2.19. The minimum Gasteiger partial charge on any atom is -0.395 e. The van der Waals surface area contributed by atoms with Crippen molar-refractivity contribution in [3.05, 3.63) is 40.3 Å². The summed E-state index contributed by atoms with van der Waals surface area (Å²) in [5.41, 5.74) is 1.94. The van der Waals surface area contributed by atoms with Gasteiger partial charge >= 0.3 is 0 Å². The molecule has 0 unspecified atom stereocenters. The number of likely N-dealkylation sites (N-methyl/N-ethyl adjacent to an activating group) is 1. The first-order valence-electron chi connectivity index (χ1n) is 6.50. The Balaban J connectivity index is 2.42. The van der Waals surface area contributed by atoms with Crippen LogP contribution in [-0.4, -0.2) is 50.9 Å². The zero-order valence-corrected chi connectivity index (χ0v) is 12.9. The van der Waals surface area contributed by atoms with Crippen LogP contribution in [0.1, 0.15) is 21.9 Å². The number of aryl methyl sites for hydroxylation is 2. The number of aliphatic hydroxyl groups excluding tert-OH is 1. The molecule has 2 heterocycles. The van der Waals surface area contributed by atoms with E-state index in [4.69, 9.17) is 16.7 Å². The van der Waals surface area contributed by atoms with Crippen LogP contribution in [0.4, 0.5) is 0 Å². The largest absolute Gasteiger partial charge is 0.395 e. The Bertz CT molecular complexity index is 669. The number of hydrogen-bond donors (Lipinski definition) is 1. The fraction of sp³-hybridized carbons (Fsp3) is 0.357. The van der Waals surface area contributed by atoms with Crippen molar-refractivity contribution in [3.8, 4) is 5.82 Å². The third kappa shape index (κ3) is 3.22. The highest BCUT2D eigenvalue weighted by Gasteiger charge is 2.18. The first-order valence-corrected chi connectivity index (χ1v) is 6.88. The lowest BCUT2D eigenvalue weighted by Crippen LogP contribution is -2.30. The monoisotopic (exact) mass is 308 g/mol. The van der Waals surface area contributed by atoms with Gasteiger partial charge in [-0.1, -0.05) is 11.6 Å². The van der Waals surface area contributed by atoms with Crippen LogP contribution in [0.5, 0.6) is 0 Å². The minimum atomic E-state index is -0.336. The summed E-state index contributed by atoms with van der Waals surface area (Å²) in [5.74, 6) is 0.197. The molecule has 0 aliphatic heterocycles. The fourth-order valence-corrected chi connectivity index (χ4v) is 2.18. The molecule has 6 nitrogen and oxygen atoms in total. The number of aromatic nitrogens is 3. The van der Waals surface area contributed by atoms with Gasteiger partial charge in [-0.05, 0) is 32.0 Å². The molecule has 1 N–H and O–H groups in total. The summed E-state index contributed by atoms with van der Waals surface area (Å²) in [7, 11) is 1.59. The Morgan fingerprint density at radius 1 is 1.43 bits per heavy atom. The summed E-state index contributed by atoms with van der Waals surface area (Å²) in [5, 5.41) is 13.5. The Hall–Kier alpha value is -1.92. The summed E-state index contributed by atoms with van der Waals surface area (Å²) >= 11 is 6.07. The van der Waals surface area contributed by atoms with E-state index in [2.05, 4.69) is 10.1 Å². The third-order valence-corrected chi connectivity index (χ3v) is 3.35. The number of carbonyl (C=O) groups excluding carboxylic acids is 1. The first-order chi connectivity index (χ1) is 9.93. The predicted octanol–water partition coefficient (Wildman–Crippen LogP) is 1.60.